The summed E-state index contributed by atoms with van der Waals surface area (Å²) in [6.07, 6.45) is 2.69. The summed E-state index contributed by atoms with van der Waals surface area (Å²) in [6.45, 7) is 5.94. The Kier molecular flexibility index (Phi) is 4.34. The number of likely N-dealkylation sites (tertiary alicyclic amines) is 1. The molecule has 1 aliphatic heterocycles. The van der Waals surface area contributed by atoms with Crippen molar-refractivity contribution >= 4 is 5.82 Å². The molecule has 2 rings (SSSR count). The Bertz CT molecular complexity index is 348. The molecule has 0 amide bonds. The van der Waals surface area contributed by atoms with Gasteiger partial charge in [0.1, 0.15) is 5.82 Å². The van der Waals surface area contributed by atoms with Crippen molar-refractivity contribution in [2.45, 2.75) is 32.4 Å². The first-order chi connectivity index (χ1) is 8.28. The highest BCUT2D eigenvalue weighted by Gasteiger charge is 2.19. The Balaban J connectivity index is 1.82. The van der Waals surface area contributed by atoms with Crippen molar-refractivity contribution in [3.05, 3.63) is 23.9 Å². The van der Waals surface area contributed by atoms with Gasteiger partial charge in [-0.2, -0.15) is 0 Å². The fraction of sp³-hybridized carbons (Fsp3) is 0.615. The molecule has 0 saturated carbocycles. The molecule has 0 unspecified atom stereocenters. The van der Waals surface area contributed by atoms with Gasteiger partial charge in [0, 0.05) is 26.2 Å². The monoisotopic (exact) mass is 235 g/mol. The summed E-state index contributed by atoms with van der Waals surface area (Å²) in [5, 5.41) is 0. The van der Waals surface area contributed by atoms with E-state index in [-0.39, 0.29) is 0 Å². The van der Waals surface area contributed by atoms with Crippen LogP contribution in [0.15, 0.2) is 18.2 Å². The molecule has 1 aliphatic rings. The summed E-state index contributed by atoms with van der Waals surface area (Å²) in [5.74, 6) is 0.603. The van der Waals surface area contributed by atoms with E-state index in [2.05, 4.69) is 16.8 Å². The topological polar surface area (TPSA) is 51.4 Å². The molecule has 2 N–H and O–H groups in total. The van der Waals surface area contributed by atoms with Crippen LogP contribution in [-0.2, 0) is 11.3 Å². The van der Waals surface area contributed by atoms with Crippen molar-refractivity contribution in [1.29, 1.82) is 0 Å². The Morgan fingerprint density at radius 1 is 1.41 bits per heavy atom. The zero-order chi connectivity index (χ0) is 12.1. The van der Waals surface area contributed by atoms with Crippen LogP contribution in [-0.4, -0.2) is 35.7 Å². The number of aromatic nitrogens is 1. The average molecular weight is 235 g/mol. The van der Waals surface area contributed by atoms with Gasteiger partial charge in [-0.15, -0.1) is 0 Å². The lowest BCUT2D eigenvalue weighted by molar-refractivity contribution is 0.0123. The number of nitrogens with zero attached hydrogens (tertiary/aromatic N) is 2. The molecule has 17 heavy (non-hydrogen) atoms. The molecule has 4 heteroatoms. The molecule has 0 aromatic carbocycles. The van der Waals surface area contributed by atoms with Gasteiger partial charge in [-0.3, -0.25) is 4.90 Å². The van der Waals surface area contributed by atoms with Gasteiger partial charge in [0.25, 0.3) is 0 Å². The Labute approximate surface area is 103 Å². The molecule has 1 saturated heterocycles. The predicted molar refractivity (Wildman–Crippen MR) is 68.6 cm³/mol. The minimum Gasteiger partial charge on any atom is -0.384 e. The van der Waals surface area contributed by atoms with Crippen molar-refractivity contribution < 1.29 is 4.74 Å². The second-order valence-corrected chi connectivity index (χ2v) is 4.48. The second-order valence-electron chi connectivity index (χ2n) is 4.48. The zero-order valence-corrected chi connectivity index (χ0v) is 10.4. The fourth-order valence-electron chi connectivity index (χ4n) is 2.29. The van der Waals surface area contributed by atoms with Gasteiger partial charge in [-0.1, -0.05) is 6.07 Å². The molecule has 0 spiro atoms. The molecule has 0 aliphatic carbocycles. The van der Waals surface area contributed by atoms with E-state index >= 15 is 0 Å². The Morgan fingerprint density at radius 2 is 2.18 bits per heavy atom. The maximum atomic E-state index is 5.68. The van der Waals surface area contributed by atoms with Crippen molar-refractivity contribution in [1.82, 2.24) is 9.88 Å². The summed E-state index contributed by atoms with van der Waals surface area (Å²) < 4.78 is 5.64. The molecule has 4 nitrogen and oxygen atoms in total. The van der Waals surface area contributed by atoms with Crippen LogP contribution in [0.25, 0.3) is 0 Å². The van der Waals surface area contributed by atoms with E-state index in [1.54, 1.807) is 0 Å². The van der Waals surface area contributed by atoms with Gasteiger partial charge < -0.3 is 10.5 Å². The van der Waals surface area contributed by atoms with E-state index in [1.165, 1.54) is 0 Å². The summed E-state index contributed by atoms with van der Waals surface area (Å²) in [7, 11) is 0. The van der Waals surface area contributed by atoms with Gasteiger partial charge in [0.2, 0.25) is 0 Å². The van der Waals surface area contributed by atoms with E-state index in [0.717, 1.165) is 44.8 Å². The van der Waals surface area contributed by atoms with Crippen LogP contribution in [0.5, 0.6) is 0 Å². The number of nitrogen functional groups attached to an aromatic ring is 1. The molecule has 0 radical (unpaired) electrons. The molecule has 1 aromatic rings. The first-order valence-corrected chi connectivity index (χ1v) is 6.33. The highest BCUT2D eigenvalue weighted by Crippen LogP contribution is 2.15. The lowest BCUT2D eigenvalue weighted by Crippen LogP contribution is -2.36. The quantitative estimate of drug-likeness (QED) is 0.862. The van der Waals surface area contributed by atoms with Crippen LogP contribution in [0.1, 0.15) is 25.5 Å². The third kappa shape index (κ3) is 3.68. The smallest absolute Gasteiger partial charge is 0.123 e. The van der Waals surface area contributed by atoms with Crippen LogP contribution >= 0.6 is 0 Å². The predicted octanol–water partition coefficient (Wildman–Crippen LogP) is 1.66. The number of hydrogen-bond donors (Lipinski definition) is 1. The van der Waals surface area contributed by atoms with E-state index in [0.29, 0.717) is 11.9 Å². The summed E-state index contributed by atoms with van der Waals surface area (Å²) in [5.41, 5.74) is 6.73. The minimum atomic E-state index is 0.449. The zero-order valence-electron chi connectivity index (χ0n) is 10.4. The molecule has 94 valence electrons. The van der Waals surface area contributed by atoms with Crippen LogP contribution in [0.2, 0.25) is 0 Å². The molecular weight excluding hydrogens is 214 g/mol. The van der Waals surface area contributed by atoms with Crippen molar-refractivity contribution in [2.75, 3.05) is 25.4 Å². The van der Waals surface area contributed by atoms with Crippen molar-refractivity contribution in [3.8, 4) is 0 Å². The molecular formula is C13H21N3O. The Hall–Kier alpha value is -1.13. The largest absolute Gasteiger partial charge is 0.384 e. The first-order valence-electron chi connectivity index (χ1n) is 6.33. The standard InChI is InChI=1S/C13H21N3O/c1-2-17-12-6-8-16(9-7-12)10-11-4-3-5-13(14)15-11/h3-5,12H,2,6-10H2,1H3,(H2,14,15). The van der Waals surface area contributed by atoms with Crippen molar-refractivity contribution in [2.24, 2.45) is 0 Å². The number of piperidine rings is 1. The third-order valence-corrected chi connectivity index (χ3v) is 3.15. The van der Waals surface area contributed by atoms with E-state index in [1.807, 2.05) is 18.2 Å². The minimum absolute atomic E-state index is 0.449. The highest BCUT2D eigenvalue weighted by atomic mass is 16.5. The normalized spacial score (nSPS) is 18.4. The van der Waals surface area contributed by atoms with Gasteiger partial charge in [0.05, 0.1) is 11.8 Å². The lowest BCUT2D eigenvalue weighted by atomic mass is 10.1. The number of nitrogens with two attached hydrogens (primary N) is 1. The van der Waals surface area contributed by atoms with E-state index in [9.17, 15) is 0 Å². The molecule has 1 aromatic heterocycles. The summed E-state index contributed by atoms with van der Waals surface area (Å²) in [6, 6.07) is 5.82. The van der Waals surface area contributed by atoms with Gasteiger partial charge in [0.15, 0.2) is 0 Å². The average Bonchev–Trinajstić information content (AvgIpc) is 2.32. The number of ether oxygens (including phenoxy) is 1. The number of hydrogen-bond acceptors (Lipinski definition) is 4. The molecule has 1 fully saturated rings. The van der Waals surface area contributed by atoms with Crippen LogP contribution < -0.4 is 5.73 Å². The number of rotatable bonds is 4. The van der Waals surface area contributed by atoms with Crippen LogP contribution in [0.3, 0.4) is 0 Å². The van der Waals surface area contributed by atoms with Crippen LogP contribution in [0.4, 0.5) is 5.82 Å². The maximum absolute atomic E-state index is 5.68. The second kappa shape index (κ2) is 5.98. The van der Waals surface area contributed by atoms with Gasteiger partial charge >= 0.3 is 0 Å². The highest BCUT2D eigenvalue weighted by molar-refractivity contribution is 5.28. The SMILES string of the molecule is CCOC1CCN(Cc2cccc(N)n2)CC1. The molecule has 0 bridgehead atoms. The Morgan fingerprint density at radius 3 is 2.82 bits per heavy atom. The fourth-order valence-corrected chi connectivity index (χ4v) is 2.29. The van der Waals surface area contributed by atoms with Gasteiger partial charge in [-0.05, 0) is 31.9 Å². The van der Waals surface area contributed by atoms with E-state index in [4.69, 9.17) is 10.5 Å². The third-order valence-electron chi connectivity index (χ3n) is 3.15. The molecule has 0 atom stereocenters. The van der Waals surface area contributed by atoms with Crippen LogP contribution in [0, 0.1) is 0 Å². The number of anilines is 1. The maximum Gasteiger partial charge on any atom is 0.123 e. The lowest BCUT2D eigenvalue weighted by Gasteiger charge is -2.31. The summed E-state index contributed by atoms with van der Waals surface area (Å²) in [4.78, 5) is 6.74. The van der Waals surface area contributed by atoms with E-state index < -0.39 is 0 Å². The molecule has 2 heterocycles. The number of pyridine rings is 1. The van der Waals surface area contributed by atoms with Crippen molar-refractivity contribution in [3.63, 3.8) is 0 Å². The van der Waals surface area contributed by atoms with Gasteiger partial charge in [-0.25, -0.2) is 4.98 Å². The first kappa shape index (κ1) is 12.3. The summed E-state index contributed by atoms with van der Waals surface area (Å²) >= 11 is 0.